The number of benzene rings is 2. The Balaban J connectivity index is 1.44. The number of hydrogen-bond acceptors (Lipinski definition) is 8. The predicted molar refractivity (Wildman–Crippen MR) is 123 cm³/mol. The molecular weight excluding hydrogens is 444 g/mol. The van der Waals surface area contributed by atoms with Crippen molar-refractivity contribution in [2.24, 2.45) is 0 Å². The Bertz CT molecular complexity index is 1360. The van der Waals surface area contributed by atoms with Crippen LogP contribution in [0.2, 0.25) is 0 Å². The second-order valence-corrected chi connectivity index (χ2v) is 8.56. The Morgan fingerprint density at radius 3 is 2.55 bits per heavy atom. The first-order valence-corrected chi connectivity index (χ1v) is 11.4. The zero-order valence-corrected chi connectivity index (χ0v) is 18.4. The number of nitro benzene ring substituents is 1. The van der Waals surface area contributed by atoms with Crippen molar-refractivity contribution < 1.29 is 14.4 Å². The van der Waals surface area contributed by atoms with E-state index in [-0.39, 0.29) is 24.1 Å². The minimum Gasteiger partial charge on any atom is -0.352 e. The number of ether oxygens (including phenoxy) is 2. The molecule has 3 heterocycles. The van der Waals surface area contributed by atoms with Gasteiger partial charge in [-0.1, -0.05) is 18.2 Å². The van der Waals surface area contributed by atoms with Crippen LogP contribution < -0.4 is 5.56 Å². The SMILES string of the molecule is O=c1c2ccccc2c(CC2OCCCO2)nn1Cc1nc(-c2ccc([N+](=O)[O-])cc2)cs1. The summed E-state index contributed by atoms with van der Waals surface area (Å²) < 4.78 is 12.8. The number of aromatic nitrogens is 3. The topological polar surface area (TPSA) is 109 Å². The maximum atomic E-state index is 13.1. The summed E-state index contributed by atoms with van der Waals surface area (Å²) in [5.74, 6) is 0. The van der Waals surface area contributed by atoms with E-state index >= 15 is 0 Å². The second kappa shape index (κ2) is 9.18. The van der Waals surface area contributed by atoms with E-state index in [1.807, 2.05) is 23.6 Å². The number of hydrogen-bond donors (Lipinski definition) is 0. The summed E-state index contributed by atoms with van der Waals surface area (Å²) in [4.78, 5) is 28.2. The Morgan fingerprint density at radius 1 is 1.09 bits per heavy atom. The molecule has 5 rings (SSSR count). The average Bonchev–Trinajstić information content (AvgIpc) is 3.31. The molecule has 0 unspecified atom stereocenters. The van der Waals surface area contributed by atoms with E-state index in [4.69, 9.17) is 9.47 Å². The second-order valence-electron chi connectivity index (χ2n) is 7.61. The highest BCUT2D eigenvalue weighted by Gasteiger charge is 2.19. The molecule has 168 valence electrons. The third-order valence-electron chi connectivity index (χ3n) is 5.41. The number of fused-ring (bicyclic) bond motifs is 1. The summed E-state index contributed by atoms with van der Waals surface area (Å²) in [7, 11) is 0. The lowest BCUT2D eigenvalue weighted by Gasteiger charge is -2.23. The predicted octanol–water partition coefficient (Wildman–Crippen LogP) is 3.78. The highest BCUT2D eigenvalue weighted by Crippen LogP contribution is 2.25. The van der Waals surface area contributed by atoms with Crippen LogP contribution in [0.5, 0.6) is 0 Å². The third-order valence-corrected chi connectivity index (χ3v) is 6.24. The fourth-order valence-electron chi connectivity index (χ4n) is 3.77. The Kier molecular flexibility index (Phi) is 5.95. The molecule has 1 saturated heterocycles. The van der Waals surface area contributed by atoms with E-state index in [1.54, 1.807) is 18.2 Å². The van der Waals surface area contributed by atoms with E-state index in [2.05, 4.69) is 10.1 Å². The zero-order chi connectivity index (χ0) is 22.8. The van der Waals surface area contributed by atoms with Gasteiger partial charge in [-0.3, -0.25) is 14.9 Å². The first-order valence-electron chi connectivity index (χ1n) is 10.5. The molecule has 4 aromatic rings. The molecule has 0 N–H and O–H groups in total. The van der Waals surface area contributed by atoms with Crippen molar-refractivity contribution in [1.82, 2.24) is 14.8 Å². The van der Waals surface area contributed by atoms with E-state index in [9.17, 15) is 14.9 Å². The molecule has 10 heteroatoms. The van der Waals surface area contributed by atoms with Gasteiger partial charge in [0.05, 0.1) is 41.5 Å². The summed E-state index contributed by atoms with van der Waals surface area (Å²) in [5, 5.41) is 19.5. The molecule has 0 bridgehead atoms. The molecular formula is C23H20N4O5S. The van der Waals surface area contributed by atoms with Gasteiger partial charge in [0, 0.05) is 34.9 Å². The van der Waals surface area contributed by atoms with Gasteiger partial charge in [0.25, 0.3) is 11.2 Å². The number of thiazole rings is 1. The van der Waals surface area contributed by atoms with Gasteiger partial charge in [-0.05, 0) is 24.6 Å². The molecule has 0 spiro atoms. The average molecular weight is 465 g/mol. The van der Waals surface area contributed by atoms with Crippen LogP contribution in [0.1, 0.15) is 17.1 Å². The lowest BCUT2D eigenvalue weighted by atomic mass is 10.1. The largest absolute Gasteiger partial charge is 0.352 e. The van der Waals surface area contributed by atoms with Crippen molar-refractivity contribution in [3.63, 3.8) is 0 Å². The molecule has 1 fully saturated rings. The van der Waals surface area contributed by atoms with Gasteiger partial charge in [-0.2, -0.15) is 5.10 Å². The molecule has 1 aliphatic rings. The van der Waals surface area contributed by atoms with Gasteiger partial charge in [0.15, 0.2) is 6.29 Å². The van der Waals surface area contributed by atoms with Crippen molar-refractivity contribution in [3.05, 3.63) is 85.1 Å². The zero-order valence-electron chi connectivity index (χ0n) is 17.5. The molecule has 2 aromatic heterocycles. The summed E-state index contributed by atoms with van der Waals surface area (Å²) in [6, 6.07) is 13.6. The van der Waals surface area contributed by atoms with Crippen LogP contribution in [0.4, 0.5) is 5.69 Å². The van der Waals surface area contributed by atoms with E-state index < -0.39 is 4.92 Å². The summed E-state index contributed by atoms with van der Waals surface area (Å²) in [6.07, 6.45) is 0.937. The minimum absolute atomic E-state index is 0.0274. The first kappa shape index (κ1) is 21.4. The van der Waals surface area contributed by atoms with Gasteiger partial charge in [-0.25, -0.2) is 9.67 Å². The minimum atomic E-state index is -0.435. The Morgan fingerprint density at radius 2 is 1.82 bits per heavy atom. The van der Waals surface area contributed by atoms with Crippen LogP contribution in [0, 0.1) is 10.1 Å². The molecule has 0 atom stereocenters. The highest BCUT2D eigenvalue weighted by molar-refractivity contribution is 7.09. The Labute approximate surface area is 192 Å². The molecule has 0 aliphatic carbocycles. The Hall–Kier alpha value is -3.47. The van der Waals surface area contributed by atoms with Crippen molar-refractivity contribution in [2.75, 3.05) is 13.2 Å². The first-order chi connectivity index (χ1) is 16.1. The van der Waals surface area contributed by atoms with Gasteiger partial charge in [-0.15, -0.1) is 11.3 Å². The molecule has 0 amide bonds. The molecule has 1 aliphatic heterocycles. The van der Waals surface area contributed by atoms with Crippen molar-refractivity contribution >= 4 is 27.8 Å². The molecule has 9 nitrogen and oxygen atoms in total. The van der Waals surface area contributed by atoms with Crippen molar-refractivity contribution in [3.8, 4) is 11.3 Å². The van der Waals surface area contributed by atoms with Crippen LogP contribution in [-0.4, -0.2) is 39.2 Å². The summed E-state index contributed by atoms with van der Waals surface area (Å²) in [5.41, 5.74) is 2.05. The molecule has 33 heavy (non-hydrogen) atoms. The highest BCUT2D eigenvalue weighted by atomic mass is 32.1. The van der Waals surface area contributed by atoms with E-state index in [1.165, 1.54) is 28.2 Å². The number of rotatable bonds is 6. The number of non-ortho nitro benzene ring substituents is 1. The maximum absolute atomic E-state index is 13.1. The van der Waals surface area contributed by atoms with Crippen LogP contribution in [0.25, 0.3) is 22.0 Å². The van der Waals surface area contributed by atoms with Gasteiger partial charge in [0.1, 0.15) is 5.01 Å². The lowest BCUT2D eigenvalue weighted by Crippen LogP contribution is -2.30. The monoisotopic (exact) mass is 464 g/mol. The quantitative estimate of drug-likeness (QED) is 0.315. The number of nitrogens with zero attached hydrogens (tertiary/aromatic N) is 4. The van der Waals surface area contributed by atoms with Crippen LogP contribution >= 0.6 is 11.3 Å². The standard InChI is InChI=1S/C23H20N4O5S/c28-23-18-5-2-1-4-17(18)19(12-22-31-10-3-11-32-22)25-26(23)13-21-24-20(14-33-21)15-6-8-16(9-7-15)27(29)30/h1-2,4-9,14,22H,3,10-13H2. The van der Waals surface area contributed by atoms with Crippen molar-refractivity contribution in [2.45, 2.75) is 25.7 Å². The summed E-state index contributed by atoms with van der Waals surface area (Å²) in [6.45, 7) is 1.51. The van der Waals surface area contributed by atoms with Gasteiger partial charge < -0.3 is 9.47 Å². The maximum Gasteiger partial charge on any atom is 0.275 e. The fraction of sp³-hybridized carbons (Fsp3) is 0.261. The van der Waals surface area contributed by atoms with E-state index in [0.717, 1.165) is 23.1 Å². The fourth-order valence-corrected chi connectivity index (χ4v) is 4.56. The summed E-state index contributed by atoms with van der Waals surface area (Å²) >= 11 is 1.41. The molecule has 0 saturated carbocycles. The third kappa shape index (κ3) is 4.54. The normalized spacial score (nSPS) is 14.5. The van der Waals surface area contributed by atoms with Crippen molar-refractivity contribution in [1.29, 1.82) is 0 Å². The van der Waals surface area contributed by atoms with Gasteiger partial charge >= 0.3 is 0 Å². The van der Waals surface area contributed by atoms with Crippen LogP contribution in [0.3, 0.4) is 0 Å². The van der Waals surface area contributed by atoms with E-state index in [0.29, 0.717) is 35.7 Å². The number of nitro groups is 1. The van der Waals surface area contributed by atoms with Crippen LogP contribution in [-0.2, 0) is 22.4 Å². The van der Waals surface area contributed by atoms with Gasteiger partial charge in [0.2, 0.25) is 0 Å². The smallest absolute Gasteiger partial charge is 0.275 e. The lowest BCUT2D eigenvalue weighted by molar-refractivity contribution is -0.384. The molecule has 0 radical (unpaired) electrons. The molecule has 2 aromatic carbocycles. The van der Waals surface area contributed by atoms with Crippen LogP contribution in [0.15, 0.2) is 58.7 Å².